The number of unbranched alkanes of at least 4 members (excludes halogenated alkanes) is 1. The van der Waals surface area contributed by atoms with E-state index in [9.17, 15) is 8.42 Å². The molecule has 1 heterocycles. The second-order valence-electron chi connectivity index (χ2n) is 5.46. The summed E-state index contributed by atoms with van der Waals surface area (Å²) < 4.78 is 27.5. The second kappa shape index (κ2) is 7.67. The van der Waals surface area contributed by atoms with Gasteiger partial charge in [0.25, 0.3) is 0 Å². The van der Waals surface area contributed by atoms with E-state index >= 15 is 0 Å². The monoisotopic (exact) mass is 321 g/mol. The molecule has 0 aliphatic carbocycles. The zero-order valence-corrected chi connectivity index (χ0v) is 13.9. The van der Waals surface area contributed by atoms with Crippen LogP contribution < -0.4 is 10.0 Å². The number of hydrogen-bond acceptors (Lipinski definition) is 4. The maximum absolute atomic E-state index is 12.4. The Hall–Kier alpha value is -1.50. The van der Waals surface area contributed by atoms with Crippen molar-refractivity contribution in [2.75, 3.05) is 13.1 Å². The van der Waals surface area contributed by atoms with Crippen LogP contribution in [0.5, 0.6) is 0 Å². The van der Waals surface area contributed by atoms with Crippen LogP contribution in [0.1, 0.15) is 26.7 Å². The van der Waals surface area contributed by atoms with Gasteiger partial charge in [-0.1, -0.05) is 19.4 Å². The van der Waals surface area contributed by atoms with Gasteiger partial charge in [-0.3, -0.25) is 4.98 Å². The molecular formula is C16H23N3O2S. The first-order chi connectivity index (χ1) is 10.5. The predicted molar refractivity (Wildman–Crippen MR) is 89.3 cm³/mol. The molecule has 0 aliphatic heterocycles. The average molecular weight is 321 g/mol. The third-order valence-electron chi connectivity index (χ3n) is 3.44. The number of aromatic nitrogens is 1. The molecule has 1 atom stereocenters. The Balaban J connectivity index is 2.05. The molecule has 0 aliphatic rings. The highest BCUT2D eigenvalue weighted by atomic mass is 32.2. The predicted octanol–water partition coefficient (Wildman–Crippen LogP) is 2.29. The minimum atomic E-state index is -3.50. The quantitative estimate of drug-likeness (QED) is 0.732. The molecule has 0 radical (unpaired) electrons. The molecule has 0 saturated carbocycles. The van der Waals surface area contributed by atoms with Gasteiger partial charge in [-0.15, -0.1) is 0 Å². The summed E-state index contributed by atoms with van der Waals surface area (Å²) in [6, 6.07) is 6.72. The molecule has 1 aromatic carbocycles. The average Bonchev–Trinajstić information content (AvgIpc) is 2.50. The van der Waals surface area contributed by atoms with E-state index in [1.165, 1.54) is 0 Å². The van der Waals surface area contributed by atoms with Gasteiger partial charge in [-0.25, -0.2) is 13.1 Å². The van der Waals surface area contributed by atoms with E-state index in [0.29, 0.717) is 6.54 Å². The smallest absolute Gasteiger partial charge is 0.240 e. The van der Waals surface area contributed by atoms with E-state index in [1.54, 1.807) is 30.6 Å². The van der Waals surface area contributed by atoms with Crippen molar-refractivity contribution in [3.63, 3.8) is 0 Å². The van der Waals surface area contributed by atoms with Crippen LogP contribution in [0.2, 0.25) is 0 Å². The van der Waals surface area contributed by atoms with Gasteiger partial charge in [0.05, 0.1) is 4.90 Å². The first-order valence-corrected chi connectivity index (χ1v) is 9.08. The van der Waals surface area contributed by atoms with Crippen molar-refractivity contribution in [2.45, 2.75) is 37.6 Å². The molecular weight excluding hydrogens is 298 g/mol. The molecule has 2 aromatic rings. The van der Waals surface area contributed by atoms with E-state index in [0.717, 1.165) is 30.2 Å². The molecule has 120 valence electrons. The topological polar surface area (TPSA) is 71.1 Å². The van der Waals surface area contributed by atoms with E-state index in [-0.39, 0.29) is 10.9 Å². The molecule has 0 fully saturated rings. The van der Waals surface area contributed by atoms with Gasteiger partial charge < -0.3 is 5.32 Å². The summed E-state index contributed by atoms with van der Waals surface area (Å²) >= 11 is 0. The lowest BCUT2D eigenvalue weighted by Gasteiger charge is -2.15. The van der Waals surface area contributed by atoms with E-state index in [4.69, 9.17) is 0 Å². The fraction of sp³-hybridized carbons (Fsp3) is 0.438. The van der Waals surface area contributed by atoms with Crippen molar-refractivity contribution in [3.8, 4) is 0 Å². The number of fused-ring (bicyclic) bond motifs is 1. The van der Waals surface area contributed by atoms with Crippen molar-refractivity contribution in [1.82, 2.24) is 15.0 Å². The number of sulfonamides is 1. The number of rotatable bonds is 8. The van der Waals surface area contributed by atoms with Gasteiger partial charge in [0, 0.05) is 30.4 Å². The van der Waals surface area contributed by atoms with Crippen LogP contribution in [0.4, 0.5) is 0 Å². The highest BCUT2D eigenvalue weighted by Gasteiger charge is 2.17. The van der Waals surface area contributed by atoms with Gasteiger partial charge in [0.15, 0.2) is 0 Å². The van der Waals surface area contributed by atoms with Gasteiger partial charge in [0.1, 0.15) is 0 Å². The van der Waals surface area contributed by atoms with Crippen LogP contribution in [0.15, 0.2) is 41.6 Å². The Morgan fingerprint density at radius 1 is 1.23 bits per heavy atom. The lowest BCUT2D eigenvalue weighted by molar-refractivity contribution is 0.531. The molecule has 22 heavy (non-hydrogen) atoms. The molecule has 1 aromatic heterocycles. The zero-order valence-electron chi connectivity index (χ0n) is 13.0. The van der Waals surface area contributed by atoms with E-state index in [1.807, 2.05) is 13.0 Å². The molecule has 5 nitrogen and oxygen atoms in total. The lowest BCUT2D eigenvalue weighted by atomic mass is 10.2. The summed E-state index contributed by atoms with van der Waals surface area (Å²) in [5.74, 6) is 0. The molecule has 6 heteroatoms. The van der Waals surface area contributed by atoms with Crippen LogP contribution >= 0.6 is 0 Å². The highest BCUT2D eigenvalue weighted by Crippen LogP contribution is 2.18. The van der Waals surface area contributed by atoms with Gasteiger partial charge >= 0.3 is 0 Å². The van der Waals surface area contributed by atoms with Crippen molar-refractivity contribution >= 4 is 20.8 Å². The normalized spacial score (nSPS) is 13.4. The van der Waals surface area contributed by atoms with E-state index in [2.05, 4.69) is 21.9 Å². The third-order valence-corrected chi connectivity index (χ3v) is 5.02. The number of hydrogen-bond donors (Lipinski definition) is 2. The fourth-order valence-electron chi connectivity index (χ4n) is 2.22. The second-order valence-corrected chi connectivity index (χ2v) is 7.18. The molecule has 2 N–H and O–H groups in total. The SMILES string of the molecule is CCCCNCC(C)NS(=O)(=O)c1ccc2cnccc2c1. The highest BCUT2D eigenvalue weighted by molar-refractivity contribution is 7.89. The first kappa shape index (κ1) is 16.9. The molecule has 2 rings (SSSR count). The molecule has 1 unspecified atom stereocenters. The summed E-state index contributed by atoms with van der Waals surface area (Å²) in [5, 5.41) is 5.05. The Kier molecular flexibility index (Phi) is 5.88. The van der Waals surface area contributed by atoms with Crippen molar-refractivity contribution in [3.05, 3.63) is 36.7 Å². The van der Waals surface area contributed by atoms with Crippen molar-refractivity contribution < 1.29 is 8.42 Å². The summed E-state index contributed by atoms with van der Waals surface area (Å²) in [5.41, 5.74) is 0. The lowest BCUT2D eigenvalue weighted by Crippen LogP contribution is -2.40. The Morgan fingerprint density at radius 2 is 2.05 bits per heavy atom. The van der Waals surface area contributed by atoms with Crippen LogP contribution in [0.25, 0.3) is 10.8 Å². The van der Waals surface area contributed by atoms with Crippen molar-refractivity contribution in [2.24, 2.45) is 0 Å². The molecule has 0 bridgehead atoms. The summed E-state index contributed by atoms with van der Waals surface area (Å²) in [6.07, 6.45) is 5.60. The standard InChI is InChI=1S/C16H23N3O2S/c1-3-4-8-17-11-13(2)19-22(20,21)16-6-5-15-12-18-9-7-14(15)10-16/h5-7,9-10,12-13,17,19H,3-4,8,11H2,1-2H3. The number of nitrogens with one attached hydrogen (secondary N) is 2. The summed E-state index contributed by atoms with van der Waals surface area (Å²) in [6.45, 7) is 5.52. The van der Waals surface area contributed by atoms with Gasteiger partial charge in [-0.05, 0) is 43.5 Å². The largest absolute Gasteiger partial charge is 0.315 e. The molecule has 0 saturated heterocycles. The van der Waals surface area contributed by atoms with Crippen LogP contribution in [0, 0.1) is 0 Å². The minimum Gasteiger partial charge on any atom is -0.315 e. The number of pyridine rings is 1. The maximum atomic E-state index is 12.4. The van der Waals surface area contributed by atoms with Crippen LogP contribution in [0.3, 0.4) is 0 Å². The Morgan fingerprint density at radius 3 is 2.82 bits per heavy atom. The zero-order chi connectivity index (χ0) is 16.0. The van der Waals surface area contributed by atoms with E-state index < -0.39 is 10.0 Å². The third kappa shape index (κ3) is 4.50. The first-order valence-electron chi connectivity index (χ1n) is 7.60. The fourth-order valence-corrected chi connectivity index (χ4v) is 3.50. The summed E-state index contributed by atoms with van der Waals surface area (Å²) in [4.78, 5) is 4.31. The molecule has 0 amide bonds. The van der Waals surface area contributed by atoms with Crippen molar-refractivity contribution in [1.29, 1.82) is 0 Å². The van der Waals surface area contributed by atoms with Crippen LogP contribution in [-0.2, 0) is 10.0 Å². The summed E-state index contributed by atoms with van der Waals surface area (Å²) in [7, 11) is -3.50. The minimum absolute atomic E-state index is 0.157. The Labute approximate surface area is 132 Å². The molecule has 0 spiro atoms. The number of benzene rings is 1. The van der Waals surface area contributed by atoms with Gasteiger partial charge in [-0.2, -0.15) is 0 Å². The van der Waals surface area contributed by atoms with Gasteiger partial charge in [0.2, 0.25) is 10.0 Å². The maximum Gasteiger partial charge on any atom is 0.240 e. The van der Waals surface area contributed by atoms with Crippen LogP contribution in [-0.4, -0.2) is 32.5 Å². The Bertz CT molecular complexity index is 716. The number of nitrogens with zero attached hydrogens (tertiary/aromatic N) is 1.